The number of benzene rings is 2. The maximum atomic E-state index is 11.5. The summed E-state index contributed by atoms with van der Waals surface area (Å²) in [6.45, 7) is 4.46. The summed E-state index contributed by atoms with van der Waals surface area (Å²) in [5.74, 6) is 6.09. The molecule has 0 aliphatic heterocycles. The van der Waals surface area contributed by atoms with Gasteiger partial charge < -0.3 is 10.1 Å². The molecule has 2 rings (SSSR count). The number of amides is 1. The molecule has 1 N–H and O–H groups in total. The average molecular weight is 305 g/mol. The van der Waals surface area contributed by atoms with Gasteiger partial charge in [-0.1, -0.05) is 67.0 Å². The van der Waals surface area contributed by atoms with Gasteiger partial charge in [-0.15, -0.1) is 0 Å². The van der Waals surface area contributed by atoms with Gasteiger partial charge in [-0.25, -0.2) is 4.79 Å². The van der Waals surface area contributed by atoms with Crippen molar-refractivity contribution in [1.82, 2.24) is 5.32 Å². The van der Waals surface area contributed by atoms with Crippen molar-refractivity contribution in [1.29, 1.82) is 0 Å². The van der Waals surface area contributed by atoms with E-state index in [0.29, 0.717) is 13.0 Å². The molecular formula is C20H19NO2. The second-order valence-corrected chi connectivity index (χ2v) is 4.87. The monoisotopic (exact) mass is 305 g/mol. The first-order valence-electron chi connectivity index (χ1n) is 7.44. The van der Waals surface area contributed by atoms with E-state index in [1.807, 2.05) is 54.6 Å². The molecule has 3 nitrogen and oxygen atoms in total. The van der Waals surface area contributed by atoms with E-state index >= 15 is 0 Å². The topological polar surface area (TPSA) is 38.3 Å². The summed E-state index contributed by atoms with van der Waals surface area (Å²) in [6.07, 6.45) is 1.93. The molecule has 1 amide bonds. The minimum absolute atomic E-state index is 0.271. The fourth-order valence-corrected chi connectivity index (χ4v) is 1.91. The number of alkyl carbamates (subject to hydrolysis) is 1. The summed E-state index contributed by atoms with van der Waals surface area (Å²) in [6, 6.07) is 17.4. The quantitative estimate of drug-likeness (QED) is 0.670. The fraction of sp³-hybridized carbons (Fsp3) is 0.150. The molecule has 0 saturated heterocycles. The highest BCUT2D eigenvalue weighted by Crippen LogP contribution is 2.04. The van der Waals surface area contributed by atoms with Crippen LogP contribution in [0.15, 0.2) is 61.2 Å². The minimum atomic E-state index is -0.427. The highest BCUT2D eigenvalue weighted by atomic mass is 16.5. The third kappa shape index (κ3) is 6.11. The Hall–Kier alpha value is -2.99. The summed E-state index contributed by atoms with van der Waals surface area (Å²) >= 11 is 0. The Balaban J connectivity index is 1.68. The smallest absolute Gasteiger partial charge is 0.407 e. The zero-order chi connectivity index (χ0) is 16.3. The Bertz CT molecular complexity index is 711. The van der Waals surface area contributed by atoms with Gasteiger partial charge in [0, 0.05) is 18.5 Å². The minimum Gasteiger partial charge on any atom is -0.445 e. The van der Waals surface area contributed by atoms with Gasteiger partial charge >= 0.3 is 6.09 Å². The van der Waals surface area contributed by atoms with Crippen LogP contribution < -0.4 is 5.32 Å². The predicted octanol–water partition coefficient (Wildman–Crippen LogP) is 4.00. The first-order valence-corrected chi connectivity index (χ1v) is 7.44. The first kappa shape index (κ1) is 16.4. The van der Waals surface area contributed by atoms with Crippen molar-refractivity contribution in [3.05, 3.63) is 77.9 Å². The normalized spacial score (nSPS) is 9.39. The van der Waals surface area contributed by atoms with Crippen LogP contribution in [0.1, 0.15) is 23.1 Å². The number of hydrogen-bond acceptors (Lipinski definition) is 2. The van der Waals surface area contributed by atoms with E-state index in [1.54, 1.807) is 6.08 Å². The average Bonchev–Trinajstić information content (AvgIpc) is 2.61. The molecule has 0 atom stereocenters. The lowest BCUT2D eigenvalue weighted by molar-refractivity contribution is 0.140. The van der Waals surface area contributed by atoms with Crippen LogP contribution in [0.4, 0.5) is 4.79 Å². The molecule has 2 aromatic carbocycles. The van der Waals surface area contributed by atoms with Gasteiger partial charge in [0.25, 0.3) is 0 Å². The molecule has 23 heavy (non-hydrogen) atoms. The maximum absolute atomic E-state index is 11.5. The highest BCUT2D eigenvalue weighted by Gasteiger charge is 2.00. The van der Waals surface area contributed by atoms with E-state index in [1.165, 1.54) is 0 Å². The van der Waals surface area contributed by atoms with Gasteiger partial charge in [0.2, 0.25) is 0 Å². The Labute approximate surface area is 137 Å². The van der Waals surface area contributed by atoms with Crippen LogP contribution in [-0.2, 0) is 11.3 Å². The largest absolute Gasteiger partial charge is 0.445 e. The Morgan fingerprint density at radius 2 is 2.00 bits per heavy atom. The Morgan fingerprint density at radius 3 is 2.78 bits per heavy atom. The van der Waals surface area contributed by atoms with E-state index in [9.17, 15) is 4.79 Å². The third-order valence-corrected chi connectivity index (χ3v) is 3.09. The molecule has 2 aromatic rings. The summed E-state index contributed by atoms with van der Waals surface area (Å²) < 4.78 is 5.11. The molecule has 0 aromatic heterocycles. The number of carbonyl (C=O) groups excluding carboxylic acids is 1. The van der Waals surface area contributed by atoms with Gasteiger partial charge in [0.05, 0.1) is 0 Å². The number of carbonyl (C=O) groups is 1. The van der Waals surface area contributed by atoms with Crippen molar-refractivity contribution in [3.63, 3.8) is 0 Å². The molecule has 0 heterocycles. The van der Waals surface area contributed by atoms with Gasteiger partial charge in [-0.05, 0) is 23.3 Å². The molecular weight excluding hydrogens is 286 g/mol. The predicted molar refractivity (Wildman–Crippen MR) is 92.7 cm³/mol. The summed E-state index contributed by atoms with van der Waals surface area (Å²) in [7, 11) is 0. The lowest BCUT2D eigenvalue weighted by Crippen LogP contribution is -2.24. The molecule has 0 aliphatic carbocycles. The van der Waals surface area contributed by atoms with E-state index in [0.717, 1.165) is 16.7 Å². The lowest BCUT2D eigenvalue weighted by atomic mass is 10.1. The van der Waals surface area contributed by atoms with Crippen LogP contribution in [-0.4, -0.2) is 12.6 Å². The summed E-state index contributed by atoms with van der Waals surface area (Å²) in [4.78, 5) is 11.5. The van der Waals surface area contributed by atoms with Crippen LogP contribution >= 0.6 is 0 Å². The number of hydrogen-bond donors (Lipinski definition) is 1. The van der Waals surface area contributed by atoms with Crippen molar-refractivity contribution >= 4 is 12.2 Å². The van der Waals surface area contributed by atoms with E-state index in [-0.39, 0.29) is 6.61 Å². The number of rotatable bonds is 5. The van der Waals surface area contributed by atoms with Crippen molar-refractivity contribution in [2.45, 2.75) is 13.0 Å². The Kier molecular flexibility index (Phi) is 6.49. The SMILES string of the molecule is C=Cc1cccc(C#CCCNC(=O)OCc2ccccc2)c1. The second-order valence-electron chi connectivity index (χ2n) is 4.87. The lowest BCUT2D eigenvalue weighted by Gasteiger charge is -2.05. The van der Waals surface area contributed by atoms with Crippen LogP contribution in [0.5, 0.6) is 0 Å². The number of nitrogens with one attached hydrogen (secondary N) is 1. The molecule has 0 unspecified atom stereocenters. The van der Waals surface area contributed by atoms with E-state index < -0.39 is 6.09 Å². The standard InChI is InChI=1S/C20H19NO2/c1-2-17-12-8-13-18(15-17)9-6-7-14-21-20(22)23-16-19-10-4-3-5-11-19/h2-5,8,10-13,15H,1,7,14,16H2,(H,21,22). The molecule has 3 heteroatoms. The van der Waals surface area contributed by atoms with Gasteiger partial charge in [-0.2, -0.15) is 0 Å². The molecule has 0 radical (unpaired) electrons. The van der Waals surface area contributed by atoms with Gasteiger partial charge in [0.1, 0.15) is 6.61 Å². The highest BCUT2D eigenvalue weighted by molar-refractivity contribution is 5.67. The van der Waals surface area contributed by atoms with Crippen LogP contribution in [0.2, 0.25) is 0 Å². The molecule has 0 aliphatic rings. The number of ether oxygens (including phenoxy) is 1. The third-order valence-electron chi connectivity index (χ3n) is 3.09. The van der Waals surface area contributed by atoms with Crippen molar-refractivity contribution in [2.24, 2.45) is 0 Å². The zero-order valence-corrected chi connectivity index (χ0v) is 12.9. The van der Waals surface area contributed by atoms with Crippen LogP contribution in [0.25, 0.3) is 6.08 Å². The fourth-order valence-electron chi connectivity index (χ4n) is 1.91. The second kappa shape index (κ2) is 9.11. The van der Waals surface area contributed by atoms with Crippen molar-refractivity contribution in [3.8, 4) is 11.8 Å². The molecule has 0 saturated carbocycles. The molecule has 0 fully saturated rings. The van der Waals surface area contributed by atoms with Crippen LogP contribution in [0, 0.1) is 11.8 Å². The van der Waals surface area contributed by atoms with Crippen molar-refractivity contribution in [2.75, 3.05) is 6.54 Å². The van der Waals surface area contributed by atoms with Gasteiger partial charge in [0.15, 0.2) is 0 Å². The van der Waals surface area contributed by atoms with Crippen LogP contribution in [0.3, 0.4) is 0 Å². The van der Waals surface area contributed by atoms with Crippen molar-refractivity contribution < 1.29 is 9.53 Å². The zero-order valence-electron chi connectivity index (χ0n) is 12.9. The van der Waals surface area contributed by atoms with E-state index in [4.69, 9.17) is 4.74 Å². The van der Waals surface area contributed by atoms with Gasteiger partial charge in [-0.3, -0.25) is 0 Å². The summed E-state index contributed by atoms with van der Waals surface area (Å²) in [5, 5.41) is 2.68. The Morgan fingerprint density at radius 1 is 1.17 bits per heavy atom. The van der Waals surface area contributed by atoms with E-state index in [2.05, 4.69) is 23.7 Å². The maximum Gasteiger partial charge on any atom is 0.407 e. The summed E-state index contributed by atoms with van der Waals surface area (Å²) in [5.41, 5.74) is 2.94. The molecule has 116 valence electrons. The first-order chi connectivity index (χ1) is 11.3. The molecule has 0 spiro atoms. The molecule has 0 bridgehead atoms.